The predicted octanol–water partition coefficient (Wildman–Crippen LogP) is 2.26. The number of hydrogen-bond acceptors (Lipinski definition) is 8. The number of nitrogens with two attached hydrogens (primary N) is 1. The first-order valence-corrected chi connectivity index (χ1v) is 10.7. The van der Waals surface area contributed by atoms with Crippen LogP contribution < -0.4 is 20.9 Å². The van der Waals surface area contributed by atoms with Crippen LogP contribution in [-0.2, 0) is 4.74 Å². The molecule has 0 spiro atoms. The monoisotopic (exact) mass is 445 g/mol. The summed E-state index contributed by atoms with van der Waals surface area (Å²) in [4.78, 5) is 40.6. The van der Waals surface area contributed by atoms with Crippen molar-refractivity contribution in [3.05, 3.63) is 50.2 Å². The van der Waals surface area contributed by atoms with Crippen LogP contribution in [0.4, 0.5) is 21.9 Å². The zero-order valence-corrected chi connectivity index (χ0v) is 17.8. The summed E-state index contributed by atoms with van der Waals surface area (Å²) in [6, 6.07) is 8.30. The van der Waals surface area contributed by atoms with E-state index in [1.165, 1.54) is 22.3 Å². The molecule has 10 nitrogen and oxygen atoms in total. The summed E-state index contributed by atoms with van der Waals surface area (Å²) in [6.45, 7) is 3.47. The highest BCUT2D eigenvalue weighted by molar-refractivity contribution is 7.13. The Labute approximate surface area is 182 Å². The lowest BCUT2D eigenvalue weighted by Crippen LogP contribution is -2.34. The molecule has 2 fully saturated rings. The molecule has 4 rings (SSSR count). The number of ether oxygens (including phenoxy) is 1. The molecule has 0 radical (unpaired) electrons. The fraction of sp³-hybridized carbons (Fsp3) is 0.400. The van der Waals surface area contributed by atoms with Crippen LogP contribution in [0.2, 0.25) is 0 Å². The van der Waals surface area contributed by atoms with E-state index < -0.39 is 17.1 Å². The van der Waals surface area contributed by atoms with Crippen molar-refractivity contribution in [3.8, 4) is 0 Å². The smallest absolute Gasteiger partial charge is 0.414 e. The first kappa shape index (κ1) is 21.1. The van der Waals surface area contributed by atoms with Crippen molar-refractivity contribution in [2.45, 2.75) is 25.5 Å². The van der Waals surface area contributed by atoms with Crippen LogP contribution in [0.5, 0.6) is 0 Å². The van der Waals surface area contributed by atoms with E-state index in [2.05, 4.69) is 5.32 Å². The third-order valence-electron chi connectivity index (χ3n) is 5.36. The Balaban J connectivity index is 1.44. The maximum absolute atomic E-state index is 12.4. The molecule has 2 aliphatic heterocycles. The van der Waals surface area contributed by atoms with E-state index in [9.17, 15) is 19.7 Å². The number of benzene rings is 1. The molecular formula is C20H23N5O5S. The molecule has 2 atom stereocenters. The second kappa shape index (κ2) is 8.52. The van der Waals surface area contributed by atoms with E-state index in [0.717, 1.165) is 11.3 Å². The van der Waals surface area contributed by atoms with Crippen molar-refractivity contribution in [3.63, 3.8) is 0 Å². The summed E-state index contributed by atoms with van der Waals surface area (Å²) in [7, 11) is 0. The minimum Gasteiger partial charge on any atom is -0.442 e. The van der Waals surface area contributed by atoms with Crippen molar-refractivity contribution >= 4 is 40.4 Å². The molecule has 11 heteroatoms. The molecule has 0 aliphatic carbocycles. The van der Waals surface area contributed by atoms with Gasteiger partial charge in [-0.15, -0.1) is 11.3 Å². The minimum atomic E-state index is -0.601. The van der Waals surface area contributed by atoms with E-state index in [1.54, 1.807) is 18.2 Å². The lowest BCUT2D eigenvalue weighted by molar-refractivity contribution is -0.384. The molecule has 0 saturated carbocycles. The molecule has 31 heavy (non-hydrogen) atoms. The van der Waals surface area contributed by atoms with Crippen molar-refractivity contribution in [2.24, 2.45) is 5.73 Å². The number of nitro groups is 1. The molecule has 1 aromatic heterocycles. The molecular weight excluding hydrogens is 422 g/mol. The number of carbonyl (C=O) groups is 2. The van der Waals surface area contributed by atoms with E-state index in [-0.39, 0.29) is 30.7 Å². The van der Waals surface area contributed by atoms with Crippen LogP contribution in [0.1, 0.15) is 21.0 Å². The van der Waals surface area contributed by atoms with E-state index >= 15 is 0 Å². The van der Waals surface area contributed by atoms with Crippen molar-refractivity contribution in [2.75, 3.05) is 36.0 Å². The quantitative estimate of drug-likeness (QED) is 0.515. The van der Waals surface area contributed by atoms with Gasteiger partial charge in [-0.25, -0.2) is 4.79 Å². The average Bonchev–Trinajstić information content (AvgIpc) is 3.46. The van der Waals surface area contributed by atoms with E-state index in [0.29, 0.717) is 29.3 Å². The highest BCUT2D eigenvalue weighted by atomic mass is 32.1. The Morgan fingerprint density at radius 1 is 1.35 bits per heavy atom. The maximum Gasteiger partial charge on any atom is 0.414 e. The van der Waals surface area contributed by atoms with Gasteiger partial charge in [-0.3, -0.25) is 19.8 Å². The van der Waals surface area contributed by atoms with Crippen LogP contribution in [-0.4, -0.2) is 55.2 Å². The zero-order chi connectivity index (χ0) is 22.1. The number of carbonyl (C=O) groups excluding carboxylic acids is 2. The van der Waals surface area contributed by atoms with Gasteiger partial charge < -0.3 is 20.7 Å². The van der Waals surface area contributed by atoms with Gasteiger partial charge in [0, 0.05) is 30.1 Å². The number of cyclic esters (lactones) is 1. The molecule has 164 valence electrons. The van der Waals surface area contributed by atoms with E-state index in [1.807, 2.05) is 17.9 Å². The van der Waals surface area contributed by atoms with Gasteiger partial charge in [-0.05, 0) is 37.6 Å². The Morgan fingerprint density at radius 3 is 2.81 bits per heavy atom. The lowest BCUT2D eigenvalue weighted by Gasteiger charge is -2.20. The Kier molecular flexibility index (Phi) is 5.79. The number of aryl methyl sites for hydroxylation is 1. The predicted molar refractivity (Wildman–Crippen MR) is 117 cm³/mol. The third-order valence-corrected chi connectivity index (χ3v) is 6.36. The highest BCUT2D eigenvalue weighted by Crippen LogP contribution is 2.35. The number of nitrogens with zero attached hydrogens (tertiary/aromatic N) is 3. The second-order valence-electron chi connectivity index (χ2n) is 7.66. The summed E-state index contributed by atoms with van der Waals surface area (Å²) in [5.74, 6) is -0.226. The second-order valence-corrected chi connectivity index (χ2v) is 8.95. The molecule has 0 bridgehead atoms. The molecule has 1 aromatic carbocycles. The number of rotatable bonds is 6. The van der Waals surface area contributed by atoms with Gasteiger partial charge in [0.2, 0.25) is 0 Å². The Bertz CT molecular complexity index is 1030. The Morgan fingerprint density at radius 2 is 2.16 bits per heavy atom. The largest absolute Gasteiger partial charge is 0.442 e. The van der Waals surface area contributed by atoms with Crippen LogP contribution in [0.3, 0.4) is 0 Å². The van der Waals surface area contributed by atoms with Gasteiger partial charge >= 0.3 is 6.09 Å². The third kappa shape index (κ3) is 4.47. The minimum absolute atomic E-state index is 0.0121. The molecule has 2 aromatic rings. The van der Waals surface area contributed by atoms with Crippen LogP contribution >= 0.6 is 11.3 Å². The first-order valence-electron chi connectivity index (χ1n) is 9.93. The molecule has 2 aliphatic rings. The molecule has 2 saturated heterocycles. The fourth-order valence-electron chi connectivity index (χ4n) is 3.79. The van der Waals surface area contributed by atoms with Crippen molar-refractivity contribution < 1.29 is 19.2 Å². The Hall–Kier alpha value is -3.18. The van der Waals surface area contributed by atoms with Gasteiger partial charge in [-0.1, -0.05) is 0 Å². The van der Waals surface area contributed by atoms with Crippen LogP contribution in [0.15, 0.2) is 30.3 Å². The molecule has 3 heterocycles. The normalized spacial score (nSPS) is 20.8. The molecule has 2 amide bonds. The number of thiophene rings is 1. The number of anilines is 2. The number of hydrogen-bond donors (Lipinski definition) is 2. The van der Waals surface area contributed by atoms with Gasteiger partial charge in [0.1, 0.15) is 11.8 Å². The van der Waals surface area contributed by atoms with Crippen LogP contribution in [0.25, 0.3) is 0 Å². The number of nitrogens with one attached hydrogen (secondary N) is 1. The van der Waals surface area contributed by atoms with Gasteiger partial charge in [0.15, 0.2) is 0 Å². The van der Waals surface area contributed by atoms with Crippen LogP contribution in [0, 0.1) is 17.0 Å². The first-order chi connectivity index (χ1) is 14.8. The summed E-state index contributed by atoms with van der Waals surface area (Å²) in [5.41, 5.74) is 6.72. The average molecular weight is 446 g/mol. The summed E-state index contributed by atoms with van der Waals surface area (Å²) in [6.07, 6.45) is -0.375. The van der Waals surface area contributed by atoms with Gasteiger partial charge in [0.25, 0.3) is 11.6 Å². The van der Waals surface area contributed by atoms with Gasteiger partial charge in [-0.2, -0.15) is 0 Å². The SMILES string of the molecule is Cc1ccc(C(=O)NCC2CN(c3ccc(N4CCC(N)C4)c([N+](=O)[O-])c3)C(=O)O2)s1. The maximum atomic E-state index is 12.4. The standard InChI is InChI=1S/C20H23N5O5S/c1-12-2-5-18(31-12)19(26)22-9-15-11-24(20(27)30-15)14-3-4-16(17(8-14)25(28)29)23-7-6-13(21)10-23/h2-5,8,13,15H,6-7,9-11,21H2,1H3,(H,22,26). The topological polar surface area (TPSA) is 131 Å². The lowest BCUT2D eigenvalue weighted by atomic mass is 10.2. The van der Waals surface area contributed by atoms with Gasteiger partial charge in [0.05, 0.1) is 28.6 Å². The highest BCUT2D eigenvalue weighted by Gasteiger charge is 2.34. The fourth-order valence-corrected chi connectivity index (χ4v) is 4.57. The summed E-state index contributed by atoms with van der Waals surface area (Å²) >= 11 is 1.39. The van der Waals surface area contributed by atoms with Crippen molar-refractivity contribution in [1.82, 2.24) is 5.32 Å². The van der Waals surface area contributed by atoms with Crippen molar-refractivity contribution in [1.29, 1.82) is 0 Å². The summed E-state index contributed by atoms with van der Waals surface area (Å²) < 4.78 is 5.34. The zero-order valence-electron chi connectivity index (χ0n) is 16.9. The molecule has 2 unspecified atom stereocenters. The number of amides is 2. The summed E-state index contributed by atoms with van der Waals surface area (Å²) in [5, 5.41) is 14.4. The molecule has 3 N–H and O–H groups in total. The van der Waals surface area contributed by atoms with E-state index in [4.69, 9.17) is 10.5 Å². The number of nitro benzene ring substituents is 1.